The van der Waals surface area contributed by atoms with Crippen LogP contribution in [0.25, 0.3) is 0 Å². The standard InChI is InChI=1S/C13H26N2S/c1-10-8-11(14-2)6-7-15(10)12-4-5-13(9-12)16-3/h10-14H,4-9H2,1-3H3. The number of nitrogens with one attached hydrogen (secondary N) is 1. The van der Waals surface area contributed by atoms with Gasteiger partial charge in [0.25, 0.3) is 0 Å². The zero-order chi connectivity index (χ0) is 11.5. The third-order valence-electron chi connectivity index (χ3n) is 4.49. The van der Waals surface area contributed by atoms with Gasteiger partial charge in [-0.15, -0.1) is 0 Å². The maximum Gasteiger partial charge on any atom is 0.0109 e. The van der Waals surface area contributed by atoms with Gasteiger partial charge in [0.1, 0.15) is 0 Å². The van der Waals surface area contributed by atoms with E-state index in [1.807, 2.05) is 0 Å². The molecule has 0 spiro atoms. The van der Waals surface area contributed by atoms with E-state index < -0.39 is 0 Å². The molecule has 1 heterocycles. The van der Waals surface area contributed by atoms with Gasteiger partial charge >= 0.3 is 0 Å². The Hall–Kier alpha value is 0.270. The molecule has 2 nitrogen and oxygen atoms in total. The van der Waals surface area contributed by atoms with Crippen molar-refractivity contribution in [3.8, 4) is 0 Å². The molecule has 0 radical (unpaired) electrons. The second kappa shape index (κ2) is 5.74. The van der Waals surface area contributed by atoms with E-state index in [2.05, 4.69) is 42.2 Å². The van der Waals surface area contributed by atoms with Gasteiger partial charge < -0.3 is 5.32 Å². The summed E-state index contributed by atoms with van der Waals surface area (Å²) in [6.07, 6.45) is 9.22. The lowest BCUT2D eigenvalue weighted by molar-refractivity contribution is 0.0922. The molecule has 0 aromatic carbocycles. The fourth-order valence-electron chi connectivity index (χ4n) is 3.43. The Morgan fingerprint density at radius 1 is 1.19 bits per heavy atom. The number of thioether (sulfide) groups is 1. The molecule has 94 valence electrons. The summed E-state index contributed by atoms with van der Waals surface area (Å²) >= 11 is 2.07. The fourth-order valence-corrected chi connectivity index (χ4v) is 4.21. The van der Waals surface area contributed by atoms with Gasteiger partial charge in [0.15, 0.2) is 0 Å². The Bertz CT molecular complexity index is 222. The molecule has 1 aliphatic heterocycles. The van der Waals surface area contributed by atoms with E-state index in [4.69, 9.17) is 0 Å². The first-order valence-electron chi connectivity index (χ1n) is 6.70. The van der Waals surface area contributed by atoms with Crippen LogP contribution in [0, 0.1) is 0 Å². The molecule has 1 N–H and O–H groups in total. The molecular formula is C13H26N2S. The lowest BCUT2D eigenvalue weighted by Gasteiger charge is -2.41. The van der Waals surface area contributed by atoms with Crippen LogP contribution in [0.3, 0.4) is 0 Å². The summed E-state index contributed by atoms with van der Waals surface area (Å²) in [6.45, 7) is 3.72. The number of hydrogen-bond acceptors (Lipinski definition) is 3. The van der Waals surface area contributed by atoms with E-state index in [0.29, 0.717) is 0 Å². The Morgan fingerprint density at radius 3 is 2.56 bits per heavy atom. The van der Waals surface area contributed by atoms with Crippen LogP contribution in [0.1, 0.15) is 39.0 Å². The summed E-state index contributed by atoms with van der Waals surface area (Å²) in [7, 11) is 2.10. The molecule has 0 aromatic heterocycles. The van der Waals surface area contributed by atoms with Crippen LogP contribution in [0.2, 0.25) is 0 Å². The molecule has 2 aliphatic rings. The molecule has 0 bridgehead atoms. The van der Waals surface area contributed by atoms with Gasteiger partial charge in [-0.05, 0) is 52.3 Å². The highest BCUT2D eigenvalue weighted by molar-refractivity contribution is 7.99. The molecule has 2 fully saturated rings. The van der Waals surface area contributed by atoms with Gasteiger partial charge in [0, 0.05) is 29.9 Å². The molecule has 1 aliphatic carbocycles. The summed E-state index contributed by atoms with van der Waals surface area (Å²) < 4.78 is 0. The summed E-state index contributed by atoms with van der Waals surface area (Å²) in [5.41, 5.74) is 0. The minimum absolute atomic E-state index is 0.754. The first-order chi connectivity index (χ1) is 7.74. The monoisotopic (exact) mass is 242 g/mol. The molecule has 4 atom stereocenters. The van der Waals surface area contributed by atoms with E-state index in [-0.39, 0.29) is 0 Å². The number of rotatable bonds is 3. The summed E-state index contributed by atoms with van der Waals surface area (Å²) in [5.74, 6) is 0. The van der Waals surface area contributed by atoms with E-state index in [1.165, 1.54) is 38.6 Å². The lowest BCUT2D eigenvalue weighted by atomic mass is 9.96. The van der Waals surface area contributed by atoms with Crippen LogP contribution < -0.4 is 5.32 Å². The van der Waals surface area contributed by atoms with E-state index >= 15 is 0 Å². The number of nitrogens with zero attached hydrogens (tertiary/aromatic N) is 1. The minimum atomic E-state index is 0.754. The average Bonchev–Trinajstić information content (AvgIpc) is 2.77. The Balaban J connectivity index is 1.86. The lowest BCUT2D eigenvalue weighted by Crippen LogP contribution is -2.50. The first-order valence-corrected chi connectivity index (χ1v) is 7.99. The van der Waals surface area contributed by atoms with Gasteiger partial charge in [-0.25, -0.2) is 0 Å². The van der Waals surface area contributed by atoms with E-state index in [1.54, 1.807) is 0 Å². The van der Waals surface area contributed by atoms with Gasteiger partial charge in [0.05, 0.1) is 0 Å². The van der Waals surface area contributed by atoms with Crippen LogP contribution >= 0.6 is 11.8 Å². The Kier molecular flexibility index (Phi) is 4.57. The predicted molar refractivity (Wildman–Crippen MR) is 73.2 cm³/mol. The van der Waals surface area contributed by atoms with Crippen molar-refractivity contribution < 1.29 is 0 Å². The highest BCUT2D eigenvalue weighted by atomic mass is 32.2. The molecule has 16 heavy (non-hydrogen) atoms. The predicted octanol–water partition coefficient (Wildman–Crippen LogP) is 2.34. The maximum atomic E-state index is 3.43. The van der Waals surface area contributed by atoms with Crippen molar-refractivity contribution in [1.82, 2.24) is 10.2 Å². The van der Waals surface area contributed by atoms with Gasteiger partial charge in [0.2, 0.25) is 0 Å². The van der Waals surface area contributed by atoms with Gasteiger partial charge in [-0.1, -0.05) is 0 Å². The zero-order valence-corrected chi connectivity index (χ0v) is 11.7. The Morgan fingerprint density at radius 2 is 2.00 bits per heavy atom. The van der Waals surface area contributed by atoms with Crippen LogP contribution in [-0.4, -0.2) is 48.1 Å². The average molecular weight is 242 g/mol. The largest absolute Gasteiger partial charge is 0.317 e. The smallest absolute Gasteiger partial charge is 0.0109 e. The molecule has 2 rings (SSSR count). The second-order valence-corrected chi connectivity index (χ2v) is 6.56. The minimum Gasteiger partial charge on any atom is -0.317 e. The quantitative estimate of drug-likeness (QED) is 0.818. The van der Waals surface area contributed by atoms with Crippen molar-refractivity contribution in [1.29, 1.82) is 0 Å². The zero-order valence-electron chi connectivity index (χ0n) is 10.9. The van der Waals surface area contributed by atoms with Crippen LogP contribution in [-0.2, 0) is 0 Å². The van der Waals surface area contributed by atoms with Crippen LogP contribution in [0.5, 0.6) is 0 Å². The summed E-state index contributed by atoms with van der Waals surface area (Å²) in [6, 6.07) is 2.41. The molecule has 0 amide bonds. The second-order valence-electron chi connectivity index (χ2n) is 5.42. The van der Waals surface area contributed by atoms with E-state index in [0.717, 1.165) is 23.4 Å². The fraction of sp³-hybridized carbons (Fsp3) is 1.00. The van der Waals surface area contributed by atoms with Crippen molar-refractivity contribution in [2.45, 2.75) is 62.4 Å². The third-order valence-corrected chi connectivity index (χ3v) is 5.59. The number of piperidine rings is 1. The highest BCUT2D eigenvalue weighted by Gasteiger charge is 2.34. The molecule has 0 aromatic rings. The van der Waals surface area contributed by atoms with Gasteiger partial charge in [-0.2, -0.15) is 11.8 Å². The van der Waals surface area contributed by atoms with Crippen molar-refractivity contribution in [2.75, 3.05) is 19.8 Å². The van der Waals surface area contributed by atoms with Crippen molar-refractivity contribution >= 4 is 11.8 Å². The SMILES string of the molecule is CNC1CCN(C2CCC(SC)C2)C(C)C1. The third kappa shape index (κ3) is 2.74. The van der Waals surface area contributed by atoms with Crippen molar-refractivity contribution in [3.63, 3.8) is 0 Å². The van der Waals surface area contributed by atoms with Gasteiger partial charge in [-0.3, -0.25) is 4.90 Å². The first kappa shape index (κ1) is 12.7. The summed E-state index contributed by atoms with van der Waals surface area (Å²) in [5, 5.41) is 4.36. The normalized spacial score (nSPS) is 41.4. The van der Waals surface area contributed by atoms with Crippen LogP contribution in [0.4, 0.5) is 0 Å². The molecule has 1 saturated carbocycles. The molecule has 3 heteroatoms. The van der Waals surface area contributed by atoms with E-state index in [9.17, 15) is 0 Å². The summed E-state index contributed by atoms with van der Waals surface area (Å²) in [4.78, 5) is 2.78. The van der Waals surface area contributed by atoms with Crippen molar-refractivity contribution in [2.24, 2.45) is 0 Å². The van der Waals surface area contributed by atoms with Crippen LogP contribution in [0.15, 0.2) is 0 Å². The number of hydrogen-bond donors (Lipinski definition) is 1. The highest BCUT2D eigenvalue weighted by Crippen LogP contribution is 2.34. The number of likely N-dealkylation sites (tertiary alicyclic amines) is 1. The van der Waals surface area contributed by atoms with Crippen molar-refractivity contribution in [3.05, 3.63) is 0 Å². The molecule has 4 unspecified atom stereocenters. The molecular weight excluding hydrogens is 216 g/mol. The Labute approximate surface area is 105 Å². The molecule has 1 saturated heterocycles. The maximum absolute atomic E-state index is 3.43. The topological polar surface area (TPSA) is 15.3 Å².